The highest BCUT2D eigenvalue weighted by Crippen LogP contribution is 2.22. The first-order chi connectivity index (χ1) is 9.90. The fraction of sp³-hybridized carbons (Fsp3) is 0.545. The first-order valence-corrected chi connectivity index (χ1v) is 7.82. The van der Waals surface area contributed by atoms with Gasteiger partial charge in [-0.1, -0.05) is 12.1 Å². The summed E-state index contributed by atoms with van der Waals surface area (Å²) in [6, 6.07) is 0. The third-order valence-electron chi connectivity index (χ3n) is 3.09. The van der Waals surface area contributed by atoms with Crippen LogP contribution in [-0.4, -0.2) is 40.3 Å². The van der Waals surface area contributed by atoms with Crippen LogP contribution in [0.2, 0.25) is 0 Å². The number of nitrogens with zero attached hydrogens (tertiary/aromatic N) is 5. The summed E-state index contributed by atoms with van der Waals surface area (Å²) in [4.78, 5) is 0. The predicted molar refractivity (Wildman–Crippen MR) is 74.2 cm³/mol. The van der Waals surface area contributed by atoms with E-state index < -0.39 is 10.0 Å². The Hall–Kier alpha value is -1.94. The quantitative estimate of drug-likeness (QED) is 0.778. The molecule has 0 saturated heterocycles. The highest BCUT2D eigenvalue weighted by Gasteiger charge is 2.22. The highest BCUT2D eigenvalue weighted by atomic mass is 32.2. The zero-order valence-corrected chi connectivity index (χ0v) is 13.2. The van der Waals surface area contributed by atoms with E-state index in [4.69, 9.17) is 4.74 Å². The molecule has 2 aromatic heterocycles. The molecule has 9 nitrogen and oxygen atoms in total. The van der Waals surface area contributed by atoms with Crippen molar-refractivity contribution >= 4 is 10.0 Å². The van der Waals surface area contributed by atoms with Gasteiger partial charge in [0.2, 0.25) is 5.88 Å². The van der Waals surface area contributed by atoms with Crippen molar-refractivity contribution in [2.24, 2.45) is 14.1 Å². The van der Waals surface area contributed by atoms with E-state index in [-0.39, 0.29) is 11.6 Å². The van der Waals surface area contributed by atoms with Crippen molar-refractivity contribution in [1.29, 1.82) is 0 Å². The van der Waals surface area contributed by atoms with E-state index in [2.05, 4.69) is 20.1 Å². The van der Waals surface area contributed by atoms with Crippen LogP contribution in [0.1, 0.15) is 18.2 Å². The average molecular weight is 314 g/mol. The van der Waals surface area contributed by atoms with Crippen molar-refractivity contribution in [3.8, 4) is 5.88 Å². The van der Waals surface area contributed by atoms with E-state index in [1.165, 1.54) is 25.0 Å². The van der Waals surface area contributed by atoms with Gasteiger partial charge in [-0.2, -0.15) is 5.10 Å². The molecule has 2 heterocycles. The topological polar surface area (TPSA) is 104 Å². The standard InChI is InChI=1S/C11H18N6O3S/c1-5-9-8(11(20-4)17(3)14-9)6-13-21(18,19)10-7-12-15-16(10)2/h7,13H,5-6H2,1-4H3. The van der Waals surface area contributed by atoms with Gasteiger partial charge in [0, 0.05) is 20.6 Å². The molecule has 116 valence electrons. The number of methoxy groups -OCH3 is 1. The molecular weight excluding hydrogens is 296 g/mol. The number of hydrogen-bond donors (Lipinski definition) is 1. The second-order valence-corrected chi connectivity index (χ2v) is 6.15. The zero-order chi connectivity index (χ0) is 15.6. The molecule has 1 N–H and O–H groups in total. The molecule has 0 aliphatic rings. The summed E-state index contributed by atoms with van der Waals surface area (Å²) in [5.41, 5.74) is 1.52. The van der Waals surface area contributed by atoms with Gasteiger partial charge in [-0.3, -0.25) is 0 Å². The fourth-order valence-corrected chi connectivity index (χ4v) is 3.14. The van der Waals surface area contributed by atoms with E-state index >= 15 is 0 Å². The summed E-state index contributed by atoms with van der Waals surface area (Å²) in [7, 11) is 1.10. The lowest BCUT2D eigenvalue weighted by Crippen LogP contribution is -2.25. The molecule has 0 bridgehead atoms. The predicted octanol–water partition coefficient (Wildman–Crippen LogP) is -0.402. The van der Waals surface area contributed by atoms with Gasteiger partial charge in [-0.25, -0.2) is 22.5 Å². The first kappa shape index (κ1) is 15.4. The van der Waals surface area contributed by atoms with Crippen LogP contribution in [0.25, 0.3) is 0 Å². The van der Waals surface area contributed by atoms with Crippen LogP contribution in [0.15, 0.2) is 11.2 Å². The minimum Gasteiger partial charge on any atom is -0.481 e. The van der Waals surface area contributed by atoms with Gasteiger partial charge in [0.25, 0.3) is 10.0 Å². The molecule has 0 radical (unpaired) electrons. The molecule has 2 aromatic rings. The Morgan fingerprint density at radius 1 is 1.33 bits per heavy atom. The molecule has 0 unspecified atom stereocenters. The van der Waals surface area contributed by atoms with Crippen LogP contribution in [-0.2, 0) is 37.1 Å². The average Bonchev–Trinajstić information content (AvgIpc) is 3.00. The first-order valence-electron chi connectivity index (χ1n) is 6.33. The lowest BCUT2D eigenvalue weighted by molar-refractivity contribution is 0.369. The largest absolute Gasteiger partial charge is 0.481 e. The normalized spacial score (nSPS) is 11.8. The Labute approximate surface area is 123 Å². The maximum absolute atomic E-state index is 12.2. The number of aryl methyl sites for hydroxylation is 3. The molecule has 0 atom stereocenters. The number of sulfonamides is 1. The van der Waals surface area contributed by atoms with Crippen LogP contribution in [0.3, 0.4) is 0 Å². The minimum atomic E-state index is -3.69. The molecule has 2 rings (SSSR count). The molecule has 0 saturated carbocycles. The Kier molecular flexibility index (Phi) is 4.28. The van der Waals surface area contributed by atoms with Crippen molar-refractivity contribution < 1.29 is 13.2 Å². The number of aromatic nitrogens is 5. The van der Waals surface area contributed by atoms with Crippen molar-refractivity contribution in [3.63, 3.8) is 0 Å². The summed E-state index contributed by atoms with van der Waals surface area (Å²) >= 11 is 0. The molecular formula is C11H18N6O3S. The van der Waals surface area contributed by atoms with E-state index in [0.717, 1.165) is 11.3 Å². The zero-order valence-electron chi connectivity index (χ0n) is 12.4. The lowest BCUT2D eigenvalue weighted by atomic mass is 10.2. The Balaban J connectivity index is 2.26. The van der Waals surface area contributed by atoms with Crippen LogP contribution in [0, 0.1) is 0 Å². The third kappa shape index (κ3) is 2.90. The fourth-order valence-electron chi connectivity index (χ4n) is 2.09. The summed E-state index contributed by atoms with van der Waals surface area (Å²) in [6.45, 7) is 2.04. The second-order valence-electron chi connectivity index (χ2n) is 4.43. The summed E-state index contributed by atoms with van der Waals surface area (Å²) in [5.74, 6) is 0.540. The third-order valence-corrected chi connectivity index (χ3v) is 4.53. The van der Waals surface area contributed by atoms with Crippen LogP contribution in [0.4, 0.5) is 0 Å². The molecule has 0 fully saturated rings. The molecule has 21 heavy (non-hydrogen) atoms. The molecule has 0 aliphatic carbocycles. The van der Waals surface area contributed by atoms with Gasteiger partial charge < -0.3 is 4.74 Å². The Morgan fingerprint density at radius 3 is 2.57 bits per heavy atom. The monoisotopic (exact) mass is 314 g/mol. The van der Waals surface area contributed by atoms with Gasteiger partial charge in [0.15, 0.2) is 5.03 Å². The summed E-state index contributed by atoms with van der Waals surface area (Å²) < 4.78 is 35.0. The van der Waals surface area contributed by atoms with Gasteiger partial charge in [0.1, 0.15) is 0 Å². The Morgan fingerprint density at radius 2 is 2.05 bits per heavy atom. The van der Waals surface area contributed by atoms with E-state index in [9.17, 15) is 8.42 Å². The molecule has 0 aromatic carbocycles. The van der Waals surface area contributed by atoms with Crippen molar-refractivity contribution in [2.75, 3.05) is 7.11 Å². The van der Waals surface area contributed by atoms with Crippen molar-refractivity contribution in [3.05, 3.63) is 17.5 Å². The lowest BCUT2D eigenvalue weighted by Gasteiger charge is -2.08. The molecule has 0 spiro atoms. The van der Waals surface area contributed by atoms with Gasteiger partial charge in [-0.05, 0) is 6.42 Å². The van der Waals surface area contributed by atoms with Gasteiger partial charge in [0.05, 0.1) is 24.6 Å². The molecule has 10 heteroatoms. The van der Waals surface area contributed by atoms with Crippen LogP contribution in [0.5, 0.6) is 5.88 Å². The minimum absolute atomic E-state index is 0.00315. The summed E-state index contributed by atoms with van der Waals surface area (Å²) in [5, 5.41) is 11.5. The number of hydrogen-bond acceptors (Lipinski definition) is 6. The number of ether oxygens (including phenoxy) is 1. The molecule has 0 amide bonds. The van der Waals surface area contributed by atoms with Crippen molar-refractivity contribution in [1.82, 2.24) is 29.5 Å². The van der Waals surface area contributed by atoms with Crippen molar-refractivity contribution in [2.45, 2.75) is 24.9 Å². The second kappa shape index (κ2) is 5.82. The maximum atomic E-state index is 12.2. The summed E-state index contributed by atoms with van der Waals surface area (Å²) in [6.07, 6.45) is 1.88. The van der Waals surface area contributed by atoms with Gasteiger partial charge >= 0.3 is 0 Å². The SMILES string of the molecule is CCc1nn(C)c(OC)c1CNS(=O)(=O)c1cnnn1C. The number of nitrogens with one attached hydrogen (secondary N) is 1. The highest BCUT2D eigenvalue weighted by molar-refractivity contribution is 7.89. The van der Waals surface area contributed by atoms with Crippen LogP contribution < -0.4 is 9.46 Å². The van der Waals surface area contributed by atoms with E-state index in [1.807, 2.05) is 6.92 Å². The van der Waals surface area contributed by atoms with Gasteiger partial charge in [-0.15, -0.1) is 5.10 Å². The number of rotatable bonds is 6. The van der Waals surface area contributed by atoms with E-state index in [1.54, 1.807) is 11.7 Å². The van der Waals surface area contributed by atoms with E-state index in [0.29, 0.717) is 12.3 Å². The smallest absolute Gasteiger partial charge is 0.259 e. The molecule has 0 aliphatic heterocycles. The Bertz CT molecular complexity index is 733. The maximum Gasteiger partial charge on any atom is 0.259 e. The van der Waals surface area contributed by atoms with Crippen LogP contribution >= 0.6 is 0 Å².